The predicted octanol–water partition coefficient (Wildman–Crippen LogP) is 4.39. The summed E-state index contributed by atoms with van der Waals surface area (Å²) in [6.07, 6.45) is 13.4. The summed E-state index contributed by atoms with van der Waals surface area (Å²) in [7, 11) is 10.5. The standard InChI is InChI=1S/C9H12.3C2H6N.Zr/c1-2-5-9-7-3-6-8(9)4-1;3*1-3-2;/h1-2,4-5,8-9H,3,6-7H2;3*1-2H3;/q;3*-1;+4. The van der Waals surface area contributed by atoms with Gasteiger partial charge in [-0.05, 0) is 24.7 Å². The van der Waals surface area contributed by atoms with Crippen LogP contribution in [-0.2, 0) is 26.2 Å². The first kappa shape index (κ1) is 24.3. The van der Waals surface area contributed by atoms with Gasteiger partial charge in [0.25, 0.3) is 0 Å². The second-order valence-electron chi connectivity index (χ2n) is 4.37. The molecule has 108 valence electrons. The average molecular weight is 344 g/mol. The maximum absolute atomic E-state index is 3.50. The molecule has 1 fully saturated rings. The van der Waals surface area contributed by atoms with Crippen LogP contribution in [0.25, 0.3) is 16.0 Å². The number of rotatable bonds is 0. The van der Waals surface area contributed by atoms with Crippen LogP contribution in [0.4, 0.5) is 0 Å². The summed E-state index contributed by atoms with van der Waals surface area (Å²) in [4.78, 5) is 0. The monoisotopic (exact) mass is 342 g/mol. The Hall–Kier alpha value is 0.243. The van der Waals surface area contributed by atoms with Gasteiger partial charge in [-0.3, -0.25) is 0 Å². The number of allylic oxidation sites excluding steroid dienone is 4. The summed E-state index contributed by atoms with van der Waals surface area (Å²) in [5.74, 6) is 1.80. The molecule has 4 heteroatoms. The third-order valence-electron chi connectivity index (χ3n) is 2.45. The van der Waals surface area contributed by atoms with E-state index in [1.165, 1.54) is 19.3 Å². The van der Waals surface area contributed by atoms with Crippen LogP contribution in [0, 0.1) is 11.8 Å². The van der Waals surface area contributed by atoms with Crippen LogP contribution in [0.1, 0.15) is 19.3 Å². The molecule has 2 rings (SSSR count). The predicted molar refractivity (Wildman–Crippen MR) is 84.7 cm³/mol. The number of hydrogen-bond acceptors (Lipinski definition) is 0. The van der Waals surface area contributed by atoms with Gasteiger partial charge in [-0.2, -0.15) is 42.3 Å². The summed E-state index contributed by atoms with van der Waals surface area (Å²) in [5.41, 5.74) is 0. The summed E-state index contributed by atoms with van der Waals surface area (Å²) in [6.45, 7) is 0. The minimum atomic E-state index is 0. The quantitative estimate of drug-likeness (QED) is 0.626. The molecule has 0 heterocycles. The Morgan fingerprint density at radius 1 is 0.684 bits per heavy atom. The molecule has 2 unspecified atom stereocenters. The van der Waals surface area contributed by atoms with E-state index in [-0.39, 0.29) is 26.2 Å². The zero-order valence-corrected chi connectivity index (χ0v) is 15.9. The van der Waals surface area contributed by atoms with E-state index in [0.717, 1.165) is 11.8 Å². The molecule has 0 radical (unpaired) electrons. The molecule has 0 saturated heterocycles. The molecule has 0 amide bonds. The first-order chi connectivity index (χ1) is 8.71. The molecular formula is C15H30N3Zr+. The van der Waals surface area contributed by atoms with Crippen molar-refractivity contribution >= 4 is 0 Å². The van der Waals surface area contributed by atoms with E-state index < -0.39 is 0 Å². The van der Waals surface area contributed by atoms with Gasteiger partial charge in [0.2, 0.25) is 0 Å². The van der Waals surface area contributed by atoms with Crippen LogP contribution in [-0.4, -0.2) is 42.3 Å². The fourth-order valence-corrected chi connectivity index (χ4v) is 1.91. The van der Waals surface area contributed by atoms with Crippen molar-refractivity contribution in [3.63, 3.8) is 0 Å². The molecule has 0 aromatic rings. The van der Waals surface area contributed by atoms with Crippen LogP contribution in [0.5, 0.6) is 0 Å². The molecule has 0 aromatic carbocycles. The van der Waals surface area contributed by atoms with E-state index in [1.807, 2.05) is 0 Å². The largest absolute Gasteiger partial charge is 4.00 e. The second-order valence-corrected chi connectivity index (χ2v) is 4.37. The van der Waals surface area contributed by atoms with E-state index in [4.69, 9.17) is 0 Å². The molecule has 2 atom stereocenters. The van der Waals surface area contributed by atoms with Gasteiger partial charge >= 0.3 is 26.2 Å². The van der Waals surface area contributed by atoms with Crippen LogP contribution in [0.3, 0.4) is 0 Å². The summed E-state index contributed by atoms with van der Waals surface area (Å²) in [5, 5.41) is 10.5. The molecule has 2 aliphatic rings. The van der Waals surface area contributed by atoms with Crippen molar-refractivity contribution in [2.24, 2.45) is 11.8 Å². The molecule has 1 saturated carbocycles. The first-order valence-electron chi connectivity index (χ1n) is 6.50. The maximum Gasteiger partial charge on any atom is 4.00 e. The molecule has 19 heavy (non-hydrogen) atoms. The smallest absolute Gasteiger partial charge is 0.668 e. The molecule has 0 aromatic heterocycles. The van der Waals surface area contributed by atoms with E-state index in [2.05, 4.69) is 40.3 Å². The van der Waals surface area contributed by atoms with Crippen molar-refractivity contribution in [2.75, 3.05) is 42.3 Å². The van der Waals surface area contributed by atoms with Crippen LogP contribution in [0.2, 0.25) is 0 Å². The van der Waals surface area contributed by atoms with Crippen molar-refractivity contribution in [3.8, 4) is 0 Å². The second kappa shape index (κ2) is 20.6. The Labute approximate surface area is 139 Å². The van der Waals surface area contributed by atoms with Crippen molar-refractivity contribution in [1.29, 1.82) is 0 Å². The van der Waals surface area contributed by atoms with Crippen LogP contribution >= 0.6 is 0 Å². The van der Waals surface area contributed by atoms with Gasteiger partial charge in [0.05, 0.1) is 0 Å². The molecular weight excluding hydrogens is 313 g/mol. The zero-order valence-electron chi connectivity index (χ0n) is 13.4. The molecule has 0 N–H and O–H groups in total. The normalized spacial score (nSPS) is 21.4. The van der Waals surface area contributed by atoms with E-state index in [0.29, 0.717) is 0 Å². The number of fused-ring (bicyclic) bond motifs is 1. The van der Waals surface area contributed by atoms with E-state index >= 15 is 0 Å². The fourth-order valence-electron chi connectivity index (χ4n) is 1.91. The van der Waals surface area contributed by atoms with E-state index in [1.54, 1.807) is 42.3 Å². The van der Waals surface area contributed by atoms with Gasteiger partial charge in [-0.15, -0.1) is 0 Å². The molecule has 0 spiro atoms. The van der Waals surface area contributed by atoms with E-state index in [9.17, 15) is 0 Å². The van der Waals surface area contributed by atoms with Gasteiger partial charge < -0.3 is 16.0 Å². The average Bonchev–Trinajstić information content (AvgIpc) is 2.80. The van der Waals surface area contributed by atoms with Crippen LogP contribution < -0.4 is 0 Å². The molecule has 2 aliphatic carbocycles. The van der Waals surface area contributed by atoms with Crippen molar-refractivity contribution < 1.29 is 26.2 Å². The third kappa shape index (κ3) is 16.2. The summed E-state index contributed by atoms with van der Waals surface area (Å²) >= 11 is 0. The van der Waals surface area contributed by atoms with Gasteiger partial charge in [0.15, 0.2) is 0 Å². The van der Waals surface area contributed by atoms with Crippen molar-refractivity contribution in [2.45, 2.75) is 19.3 Å². The molecule has 3 nitrogen and oxygen atoms in total. The van der Waals surface area contributed by atoms with Crippen molar-refractivity contribution in [3.05, 3.63) is 40.3 Å². The first-order valence-corrected chi connectivity index (χ1v) is 6.50. The minimum Gasteiger partial charge on any atom is -0.668 e. The number of nitrogens with zero attached hydrogens (tertiary/aromatic N) is 3. The fraction of sp³-hybridized carbons (Fsp3) is 0.733. The van der Waals surface area contributed by atoms with Crippen molar-refractivity contribution in [1.82, 2.24) is 0 Å². The Kier molecular flexibility index (Phi) is 26.3. The summed E-state index contributed by atoms with van der Waals surface area (Å²) in [6, 6.07) is 0. The minimum absolute atomic E-state index is 0. The van der Waals surface area contributed by atoms with Gasteiger partial charge in [0, 0.05) is 0 Å². The Bertz CT molecular complexity index is 183. The third-order valence-corrected chi connectivity index (χ3v) is 2.45. The van der Waals surface area contributed by atoms with Crippen LogP contribution in [0.15, 0.2) is 24.3 Å². The number of hydrogen-bond donors (Lipinski definition) is 0. The maximum atomic E-state index is 3.50. The molecule has 0 aliphatic heterocycles. The van der Waals surface area contributed by atoms with Gasteiger partial charge in [0.1, 0.15) is 0 Å². The van der Waals surface area contributed by atoms with Gasteiger partial charge in [-0.1, -0.05) is 30.7 Å². The zero-order chi connectivity index (χ0) is 14.2. The Morgan fingerprint density at radius 3 is 1.21 bits per heavy atom. The SMILES string of the molecule is C1=CC2CCCC2C=C1.C[N-]C.C[N-]C.C[N-]C.[Zr+4]. The Morgan fingerprint density at radius 2 is 0.947 bits per heavy atom. The Balaban J connectivity index is -0.000000220. The van der Waals surface area contributed by atoms with Gasteiger partial charge in [-0.25, -0.2) is 0 Å². The summed E-state index contributed by atoms with van der Waals surface area (Å²) < 4.78 is 0. The molecule has 0 bridgehead atoms. The topological polar surface area (TPSA) is 42.3 Å².